The van der Waals surface area contributed by atoms with Crippen LogP contribution in [0.5, 0.6) is 0 Å². The third-order valence-corrected chi connectivity index (χ3v) is 3.96. The molecule has 0 saturated carbocycles. The highest BCUT2D eigenvalue weighted by Crippen LogP contribution is 2.14. The lowest BCUT2D eigenvalue weighted by molar-refractivity contribution is -0.121. The van der Waals surface area contributed by atoms with E-state index in [1.54, 1.807) is 29.9 Å². The van der Waals surface area contributed by atoms with Gasteiger partial charge < -0.3 is 5.32 Å². The van der Waals surface area contributed by atoms with Crippen LogP contribution in [0.25, 0.3) is 0 Å². The average Bonchev–Trinajstić information content (AvgIpc) is 2.83. The molecule has 5 nitrogen and oxygen atoms in total. The Labute approximate surface area is 122 Å². The zero-order valence-corrected chi connectivity index (χ0v) is 12.5. The minimum atomic E-state index is 0.0572. The summed E-state index contributed by atoms with van der Waals surface area (Å²) >= 11 is 1.60. The first-order valence-corrected chi connectivity index (χ1v) is 7.46. The van der Waals surface area contributed by atoms with E-state index in [9.17, 15) is 4.79 Å². The maximum Gasteiger partial charge on any atom is 0.220 e. The Kier molecular flexibility index (Phi) is 5.17. The molecule has 0 bridgehead atoms. The number of nitrogens with zero attached hydrogens (tertiary/aromatic N) is 3. The van der Waals surface area contributed by atoms with Gasteiger partial charge in [-0.25, -0.2) is 4.98 Å². The first-order chi connectivity index (χ1) is 9.65. The predicted octanol–water partition coefficient (Wildman–Crippen LogP) is 1.92. The molecule has 0 spiro atoms. The average molecular weight is 290 g/mol. The second-order valence-corrected chi connectivity index (χ2v) is 5.67. The molecule has 2 aromatic heterocycles. The van der Waals surface area contributed by atoms with E-state index in [1.165, 1.54) is 4.88 Å². The van der Waals surface area contributed by atoms with E-state index >= 15 is 0 Å². The van der Waals surface area contributed by atoms with E-state index in [-0.39, 0.29) is 11.9 Å². The number of amides is 1. The number of rotatable bonds is 6. The molecular formula is C14H18N4OS. The van der Waals surface area contributed by atoms with Crippen molar-refractivity contribution in [1.29, 1.82) is 0 Å². The van der Waals surface area contributed by atoms with Crippen molar-refractivity contribution >= 4 is 17.2 Å². The van der Waals surface area contributed by atoms with Crippen molar-refractivity contribution in [3.63, 3.8) is 0 Å². The lowest BCUT2D eigenvalue weighted by Gasteiger charge is -2.13. The molecule has 0 fully saturated rings. The van der Waals surface area contributed by atoms with Crippen molar-refractivity contribution < 1.29 is 4.79 Å². The van der Waals surface area contributed by atoms with Gasteiger partial charge in [-0.05, 0) is 20.3 Å². The number of aryl methyl sites for hydroxylation is 2. The molecule has 2 heterocycles. The molecule has 1 N–H and O–H groups in total. The van der Waals surface area contributed by atoms with Crippen LogP contribution >= 0.6 is 11.3 Å². The van der Waals surface area contributed by atoms with Gasteiger partial charge in [0.15, 0.2) is 0 Å². The van der Waals surface area contributed by atoms with Gasteiger partial charge in [0, 0.05) is 42.4 Å². The highest BCUT2D eigenvalue weighted by molar-refractivity contribution is 7.09. The van der Waals surface area contributed by atoms with Crippen LogP contribution < -0.4 is 5.32 Å². The maximum atomic E-state index is 11.9. The molecule has 20 heavy (non-hydrogen) atoms. The Balaban J connectivity index is 1.75. The third-order valence-electron chi connectivity index (χ3n) is 2.96. The van der Waals surface area contributed by atoms with Crippen molar-refractivity contribution in [3.8, 4) is 0 Å². The molecule has 6 heteroatoms. The fraction of sp³-hybridized carbons (Fsp3) is 0.429. The molecule has 2 rings (SSSR count). The lowest BCUT2D eigenvalue weighted by Crippen LogP contribution is -2.34. The van der Waals surface area contributed by atoms with Crippen LogP contribution in [0.2, 0.25) is 0 Å². The zero-order valence-electron chi connectivity index (χ0n) is 11.7. The van der Waals surface area contributed by atoms with Gasteiger partial charge in [0.05, 0.1) is 16.9 Å². The van der Waals surface area contributed by atoms with Crippen LogP contribution in [0.4, 0.5) is 0 Å². The summed E-state index contributed by atoms with van der Waals surface area (Å²) in [6.45, 7) is 3.95. The van der Waals surface area contributed by atoms with Gasteiger partial charge in [0.25, 0.3) is 0 Å². The van der Waals surface area contributed by atoms with Crippen molar-refractivity contribution in [3.05, 3.63) is 40.4 Å². The van der Waals surface area contributed by atoms with Crippen LogP contribution in [-0.2, 0) is 17.6 Å². The Morgan fingerprint density at radius 3 is 2.90 bits per heavy atom. The van der Waals surface area contributed by atoms with Gasteiger partial charge in [-0.3, -0.25) is 14.8 Å². The van der Waals surface area contributed by atoms with Gasteiger partial charge in [0.1, 0.15) is 0 Å². The molecule has 0 aromatic carbocycles. The van der Waals surface area contributed by atoms with E-state index in [2.05, 4.69) is 20.3 Å². The van der Waals surface area contributed by atoms with E-state index in [4.69, 9.17) is 0 Å². The Morgan fingerprint density at radius 2 is 2.25 bits per heavy atom. The summed E-state index contributed by atoms with van der Waals surface area (Å²) in [5.74, 6) is 0.0641. The molecule has 0 radical (unpaired) electrons. The van der Waals surface area contributed by atoms with E-state index < -0.39 is 0 Å². The SMILES string of the molecule is Cc1ncsc1CCC(=O)NC(C)Cc1cnccn1. The van der Waals surface area contributed by atoms with E-state index in [0.29, 0.717) is 12.8 Å². The monoisotopic (exact) mass is 290 g/mol. The van der Waals surface area contributed by atoms with Crippen molar-refractivity contribution in [1.82, 2.24) is 20.3 Å². The van der Waals surface area contributed by atoms with Gasteiger partial charge in [-0.2, -0.15) is 0 Å². The number of nitrogens with one attached hydrogen (secondary N) is 1. The summed E-state index contributed by atoms with van der Waals surface area (Å²) in [6, 6.07) is 0.0572. The van der Waals surface area contributed by atoms with E-state index in [1.807, 2.05) is 19.4 Å². The van der Waals surface area contributed by atoms with Crippen molar-refractivity contribution in [2.75, 3.05) is 0 Å². The Bertz CT molecular complexity index is 555. The molecule has 106 valence electrons. The third kappa shape index (κ3) is 4.38. The van der Waals surface area contributed by atoms with Gasteiger partial charge in [-0.15, -0.1) is 11.3 Å². The number of aromatic nitrogens is 3. The molecule has 0 saturated heterocycles. The quantitative estimate of drug-likeness (QED) is 0.882. The number of thiazole rings is 1. The molecule has 0 aliphatic carbocycles. The molecular weight excluding hydrogens is 272 g/mol. The first-order valence-electron chi connectivity index (χ1n) is 6.58. The van der Waals surface area contributed by atoms with Crippen LogP contribution in [-0.4, -0.2) is 26.9 Å². The maximum absolute atomic E-state index is 11.9. The summed E-state index contributed by atoms with van der Waals surface area (Å²) in [5.41, 5.74) is 3.73. The largest absolute Gasteiger partial charge is 0.353 e. The van der Waals surface area contributed by atoms with Crippen LogP contribution in [0, 0.1) is 6.92 Å². The number of hydrogen-bond donors (Lipinski definition) is 1. The summed E-state index contributed by atoms with van der Waals surface area (Å²) < 4.78 is 0. The standard InChI is InChI=1S/C14H18N4OS/c1-10(7-12-8-15-5-6-16-12)18-14(19)4-3-13-11(2)17-9-20-13/h5-6,8-10H,3-4,7H2,1-2H3,(H,18,19). The van der Waals surface area contributed by atoms with Crippen LogP contribution in [0.15, 0.2) is 24.1 Å². The Morgan fingerprint density at radius 1 is 1.40 bits per heavy atom. The van der Waals surface area contributed by atoms with Gasteiger partial charge >= 0.3 is 0 Å². The summed E-state index contributed by atoms with van der Waals surface area (Å²) in [5, 5.41) is 2.99. The van der Waals surface area contributed by atoms with E-state index in [0.717, 1.165) is 17.8 Å². The fourth-order valence-electron chi connectivity index (χ4n) is 1.94. The normalized spacial score (nSPS) is 12.1. The summed E-state index contributed by atoms with van der Waals surface area (Å²) in [7, 11) is 0. The Hall–Kier alpha value is -1.82. The smallest absolute Gasteiger partial charge is 0.220 e. The highest BCUT2D eigenvalue weighted by atomic mass is 32.1. The van der Waals surface area contributed by atoms with Gasteiger partial charge in [-0.1, -0.05) is 0 Å². The molecule has 0 aliphatic rings. The molecule has 1 atom stereocenters. The fourth-order valence-corrected chi connectivity index (χ4v) is 2.72. The summed E-state index contributed by atoms with van der Waals surface area (Å²) in [4.78, 5) is 25.5. The minimum Gasteiger partial charge on any atom is -0.353 e. The second kappa shape index (κ2) is 7.09. The molecule has 2 aromatic rings. The number of hydrogen-bond acceptors (Lipinski definition) is 5. The van der Waals surface area contributed by atoms with Crippen LogP contribution in [0.1, 0.15) is 29.6 Å². The summed E-state index contributed by atoms with van der Waals surface area (Å²) in [6.07, 6.45) is 6.97. The van der Waals surface area contributed by atoms with Crippen molar-refractivity contribution in [2.45, 2.75) is 39.2 Å². The number of carbonyl (C=O) groups is 1. The van der Waals surface area contributed by atoms with Gasteiger partial charge in [0.2, 0.25) is 5.91 Å². The lowest BCUT2D eigenvalue weighted by atomic mass is 10.1. The minimum absolute atomic E-state index is 0.0572. The molecule has 1 amide bonds. The predicted molar refractivity (Wildman–Crippen MR) is 78.5 cm³/mol. The van der Waals surface area contributed by atoms with Crippen molar-refractivity contribution in [2.24, 2.45) is 0 Å². The second-order valence-electron chi connectivity index (χ2n) is 4.73. The molecule has 1 unspecified atom stereocenters. The zero-order chi connectivity index (χ0) is 14.4. The topological polar surface area (TPSA) is 67.8 Å². The molecule has 0 aliphatic heterocycles. The number of carbonyl (C=O) groups excluding carboxylic acids is 1. The highest BCUT2D eigenvalue weighted by Gasteiger charge is 2.10. The van der Waals surface area contributed by atoms with Crippen LogP contribution in [0.3, 0.4) is 0 Å². The first kappa shape index (κ1) is 14.6.